The molecule has 0 bridgehead atoms. The highest BCUT2D eigenvalue weighted by molar-refractivity contribution is 6.23. The summed E-state index contributed by atoms with van der Waals surface area (Å²) in [5, 5.41) is 3.63. The van der Waals surface area contributed by atoms with E-state index < -0.39 is 23.8 Å². The number of benzene rings is 2. The summed E-state index contributed by atoms with van der Waals surface area (Å²) in [6.07, 6.45) is 5.99. The quantitative estimate of drug-likeness (QED) is 0.235. The number of methoxy groups -OCH3 is 2. The molecule has 15 heteroatoms. The van der Waals surface area contributed by atoms with E-state index in [2.05, 4.69) is 25.0 Å². The third-order valence-electron chi connectivity index (χ3n) is 13.1. The number of aryl methyl sites for hydroxylation is 1. The van der Waals surface area contributed by atoms with Crippen molar-refractivity contribution in [1.29, 1.82) is 0 Å². The molecule has 7 heterocycles. The van der Waals surface area contributed by atoms with E-state index in [-0.39, 0.29) is 29.7 Å². The van der Waals surface area contributed by atoms with Gasteiger partial charge in [0.2, 0.25) is 11.8 Å². The van der Waals surface area contributed by atoms with Crippen LogP contribution in [0, 0.1) is 11.3 Å². The van der Waals surface area contributed by atoms with Crippen molar-refractivity contribution >= 4 is 45.9 Å². The molecule has 2 aromatic heterocycles. The highest BCUT2D eigenvalue weighted by Crippen LogP contribution is 2.44. The Labute approximate surface area is 342 Å². The van der Waals surface area contributed by atoms with Crippen LogP contribution in [0.2, 0.25) is 0 Å². The maximum Gasteiger partial charge on any atom is 0.262 e. The van der Waals surface area contributed by atoms with Crippen LogP contribution in [-0.2, 0) is 23.2 Å². The summed E-state index contributed by atoms with van der Waals surface area (Å²) in [4.78, 5) is 78.4. The van der Waals surface area contributed by atoms with Crippen LogP contribution in [0.3, 0.4) is 0 Å². The Morgan fingerprint density at radius 2 is 1.56 bits per heavy atom. The molecule has 1 atom stereocenters. The molecule has 308 valence electrons. The summed E-state index contributed by atoms with van der Waals surface area (Å²) in [5.74, 6) is 0.906. The molecule has 1 spiro atoms. The van der Waals surface area contributed by atoms with E-state index in [4.69, 9.17) is 9.47 Å². The van der Waals surface area contributed by atoms with Crippen LogP contribution in [-0.4, -0.2) is 128 Å². The molecule has 0 saturated carbocycles. The highest BCUT2D eigenvalue weighted by atomic mass is 16.5. The molecule has 1 N–H and O–H groups in total. The second kappa shape index (κ2) is 14.8. The van der Waals surface area contributed by atoms with Crippen molar-refractivity contribution < 1.29 is 28.7 Å². The number of nitrogens with zero attached hydrogens (tertiary/aromatic N) is 7. The predicted molar refractivity (Wildman–Crippen MR) is 222 cm³/mol. The lowest BCUT2D eigenvalue weighted by Crippen LogP contribution is -2.61. The molecule has 0 aliphatic carbocycles. The smallest absolute Gasteiger partial charge is 0.262 e. The fourth-order valence-electron chi connectivity index (χ4n) is 9.76. The minimum absolute atomic E-state index is 0.0971. The van der Waals surface area contributed by atoms with Gasteiger partial charge in [0.1, 0.15) is 23.4 Å². The number of pyridine rings is 2. The van der Waals surface area contributed by atoms with Gasteiger partial charge in [0.05, 0.1) is 36.3 Å². The van der Waals surface area contributed by atoms with Gasteiger partial charge < -0.3 is 28.7 Å². The molecule has 1 unspecified atom stereocenters. The maximum atomic E-state index is 13.4. The monoisotopic (exact) mass is 802 g/mol. The summed E-state index contributed by atoms with van der Waals surface area (Å²) < 4.78 is 13.5. The van der Waals surface area contributed by atoms with Crippen molar-refractivity contribution in [3.63, 3.8) is 0 Å². The molecule has 4 fully saturated rings. The zero-order chi connectivity index (χ0) is 41.3. The maximum absolute atomic E-state index is 13.4. The summed E-state index contributed by atoms with van der Waals surface area (Å²) >= 11 is 0. The number of nitrogens with one attached hydrogen (secondary N) is 1. The van der Waals surface area contributed by atoms with Crippen molar-refractivity contribution in [1.82, 2.24) is 29.6 Å². The molecule has 9 rings (SSSR count). The number of hydrogen-bond acceptors (Lipinski definition) is 12. The molecule has 2 aromatic carbocycles. The number of carbonyl (C=O) groups excluding carboxylic acids is 4. The molecular formula is C44H50N8O7. The molecular weight excluding hydrogens is 753 g/mol. The van der Waals surface area contributed by atoms with Crippen LogP contribution in [0.25, 0.3) is 21.9 Å². The fraction of sp³-hybridized carbons (Fsp3) is 0.455. The molecule has 59 heavy (non-hydrogen) atoms. The summed E-state index contributed by atoms with van der Waals surface area (Å²) in [6, 6.07) is 10.5. The van der Waals surface area contributed by atoms with Gasteiger partial charge in [0, 0.05) is 101 Å². The number of ether oxygens (including phenoxy) is 2. The fourth-order valence-corrected chi connectivity index (χ4v) is 9.76. The number of piperidine rings is 2. The Bertz CT molecular complexity index is 2430. The molecule has 0 radical (unpaired) electrons. The minimum Gasteiger partial charge on any atom is -0.496 e. The van der Waals surface area contributed by atoms with E-state index in [1.807, 2.05) is 49.5 Å². The average molecular weight is 803 g/mol. The zero-order valence-corrected chi connectivity index (χ0v) is 34.2. The number of likely N-dealkylation sites (tertiary alicyclic amines) is 2. The van der Waals surface area contributed by atoms with Gasteiger partial charge in [-0.05, 0) is 80.2 Å². The first-order chi connectivity index (χ1) is 28.3. The van der Waals surface area contributed by atoms with Crippen LogP contribution in [0.4, 0.5) is 11.5 Å². The van der Waals surface area contributed by atoms with Gasteiger partial charge in [-0.2, -0.15) is 0 Å². The van der Waals surface area contributed by atoms with Crippen molar-refractivity contribution in [2.45, 2.75) is 38.3 Å². The van der Waals surface area contributed by atoms with Crippen molar-refractivity contribution in [2.75, 3.05) is 83.9 Å². The van der Waals surface area contributed by atoms with E-state index in [0.717, 1.165) is 109 Å². The summed E-state index contributed by atoms with van der Waals surface area (Å²) in [7, 11) is 8.99. The molecule has 5 aliphatic heterocycles. The lowest BCUT2D eigenvalue weighted by atomic mass is 9.71. The number of aromatic nitrogens is 2. The minimum atomic E-state index is -0.966. The number of amides is 4. The van der Waals surface area contributed by atoms with E-state index in [0.29, 0.717) is 29.0 Å². The Morgan fingerprint density at radius 3 is 2.22 bits per heavy atom. The van der Waals surface area contributed by atoms with Gasteiger partial charge >= 0.3 is 0 Å². The van der Waals surface area contributed by atoms with Gasteiger partial charge in [-0.1, -0.05) is 0 Å². The topological polar surface area (TPSA) is 150 Å². The van der Waals surface area contributed by atoms with Crippen LogP contribution >= 0.6 is 0 Å². The zero-order valence-electron chi connectivity index (χ0n) is 34.2. The Balaban J connectivity index is 0.790. The van der Waals surface area contributed by atoms with Crippen LogP contribution in [0.1, 0.15) is 52.0 Å². The molecule has 4 amide bonds. The Morgan fingerprint density at radius 1 is 0.864 bits per heavy atom. The highest BCUT2D eigenvalue weighted by Gasteiger charge is 2.48. The second-order valence-electron chi connectivity index (χ2n) is 17.2. The van der Waals surface area contributed by atoms with Gasteiger partial charge in [-0.3, -0.25) is 39.1 Å². The predicted octanol–water partition coefficient (Wildman–Crippen LogP) is 3.12. The standard InChI is InChI=1S/C44H50N8O7/c1-47(2)38-17-30-32(18-45-38)41(55)48(3)22-33(30)27-14-36(58-4)34(37(15-27)59-5)23-50-20-26(21-50)19-49-12-10-44(11-13-49)24-51(25-44)28-6-7-29-31(16-28)43(57)52(42(29)56)35-8-9-39(53)46-40(35)54/h6-7,14-18,22,26,35H,8-13,19-21,23-25H2,1-5H3,(H,46,53,54). The number of fused-ring (bicyclic) bond motifs is 2. The molecule has 5 aliphatic rings. The molecule has 4 aromatic rings. The summed E-state index contributed by atoms with van der Waals surface area (Å²) in [6.45, 7) is 7.69. The number of anilines is 2. The van der Waals surface area contributed by atoms with Crippen LogP contribution in [0.15, 0.2) is 53.6 Å². The van der Waals surface area contributed by atoms with E-state index in [1.165, 1.54) is 0 Å². The SMILES string of the molecule is COc1cc(-c2cn(C)c(=O)c3cnc(N(C)C)cc23)cc(OC)c1CN1CC(CN2CCC3(CC2)CN(c2ccc4c(c2)C(=O)N(C2CCC(=O)NC2=O)C4=O)C3)C1. The lowest BCUT2D eigenvalue weighted by Gasteiger charge is -2.55. The molecule has 4 saturated heterocycles. The van der Waals surface area contributed by atoms with Crippen LogP contribution < -0.4 is 30.1 Å². The number of carbonyl (C=O) groups is 4. The Kier molecular flexibility index (Phi) is 9.70. The third-order valence-corrected chi connectivity index (χ3v) is 13.1. The van der Waals surface area contributed by atoms with Crippen LogP contribution in [0.5, 0.6) is 11.5 Å². The number of imide groups is 2. The first-order valence-electron chi connectivity index (χ1n) is 20.3. The first kappa shape index (κ1) is 38.7. The average Bonchev–Trinajstić information content (AvgIpc) is 3.45. The van der Waals surface area contributed by atoms with Gasteiger partial charge in [-0.25, -0.2) is 4.98 Å². The summed E-state index contributed by atoms with van der Waals surface area (Å²) in [5.41, 5.74) is 4.48. The number of hydrogen-bond donors (Lipinski definition) is 1. The normalized spacial score (nSPS) is 20.8. The van der Waals surface area contributed by atoms with Gasteiger partial charge in [0.25, 0.3) is 17.4 Å². The van der Waals surface area contributed by atoms with E-state index in [9.17, 15) is 24.0 Å². The number of rotatable bonds is 10. The van der Waals surface area contributed by atoms with Crippen molar-refractivity contribution in [2.24, 2.45) is 18.4 Å². The van der Waals surface area contributed by atoms with Gasteiger partial charge in [0.15, 0.2) is 0 Å². The van der Waals surface area contributed by atoms with E-state index in [1.54, 1.807) is 44.2 Å². The largest absolute Gasteiger partial charge is 0.496 e. The van der Waals surface area contributed by atoms with E-state index >= 15 is 0 Å². The second-order valence-corrected chi connectivity index (χ2v) is 17.2. The third kappa shape index (κ3) is 6.79. The van der Waals surface area contributed by atoms with Crippen molar-refractivity contribution in [3.05, 3.63) is 75.8 Å². The Hall–Kier alpha value is -5.80. The molecule has 15 nitrogen and oxygen atoms in total. The van der Waals surface area contributed by atoms with Crippen molar-refractivity contribution in [3.8, 4) is 22.6 Å². The van der Waals surface area contributed by atoms with Gasteiger partial charge in [-0.15, -0.1) is 0 Å². The first-order valence-corrected chi connectivity index (χ1v) is 20.3. The lowest BCUT2D eigenvalue weighted by molar-refractivity contribution is -0.136.